The van der Waals surface area contributed by atoms with E-state index in [9.17, 15) is 13.6 Å². The van der Waals surface area contributed by atoms with Crippen molar-refractivity contribution in [2.24, 2.45) is 0 Å². The summed E-state index contributed by atoms with van der Waals surface area (Å²) in [7, 11) is 0. The van der Waals surface area contributed by atoms with E-state index in [1.165, 1.54) is 12.1 Å². The number of amides is 1. The molecule has 0 spiro atoms. The van der Waals surface area contributed by atoms with Gasteiger partial charge in [0.15, 0.2) is 0 Å². The molecule has 1 saturated heterocycles. The van der Waals surface area contributed by atoms with Gasteiger partial charge < -0.3 is 10.2 Å². The highest BCUT2D eigenvalue weighted by Crippen LogP contribution is 2.20. The van der Waals surface area contributed by atoms with E-state index in [2.05, 4.69) is 5.32 Å². The lowest BCUT2D eigenvalue weighted by molar-refractivity contribution is -0.122. The molecule has 6 heteroatoms. The highest BCUT2D eigenvalue weighted by Gasteiger charge is 2.20. The Hall–Kier alpha value is -2.47. The van der Waals surface area contributed by atoms with Crippen LogP contribution in [0.5, 0.6) is 0 Å². The van der Waals surface area contributed by atoms with Crippen LogP contribution in [0.3, 0.4) is 0 Å². The second-order valence-electron chi connectivity index (χ2n) is 6.57. The van der Waals surface area contributed by atoms with Crippen LogP contribution in [0.25, 0.3) is 0 Å². The van der Waals surface area contributed by atoms with Gasteiger partial charge in [0.25, 0.3) is 0 Å². The summed E-state index contributed by atoms with van der Waals surface area (Å²) in [5.74, 6) is -0.574. The smallest absolute Gasteiger partial charge is 0.234 e. The van der Waals surface area contributed by atoms with Crippen molar-refractivity contribution in [3.8, 4) is 0 Å². The summed E-state index contributed by atoms with van der Waals surface area (Å²) in [5, 5.41) is 2.82. The van der Waals surface area contributed by atoms with E-state index >= 15 is 0 Å². The van der Waals surface area contributed by atoms with Crippen LogP contribution in [0.15, 0.2) is 42.5 Å². The van der Waals surface area contributed by atoms with E-state index in [1.54, 1.807) is 25.1 Å². The van der Waals surface area contributed by atoms with Gasteiger partial charge in [-0.25, -0.2) is 8.78 Å². The van der Waals surface area contributed by atoms with E-state index in [0.29, 0.717) is 50.5 Å². The number of carbonyl (C=O) groups is 1. The van der Waals surface area contributed by atoms with Crippen LogP contribution in [0.4, 0.5) is 14.5 Å². The summed E-state index contributed by atoms with van der Waals surface area (Å²) in [6.07, 6.45) is 0. The molecule has 26 heavy (non-hydrogen) atoms. The van der Waals surface area contributed by atoms with Gasteiger partial charge in [-0.2, -0.15) is 0 Å². The number of aryl methyl sites for hydroxylation is 1. The highest BCUT2D eigenvalue weighted by atomic mass is 19.1. The summed E-state index contributed by atoms with van der Waals surface area (Å²) >= 11 is 0. The van der Waals surface area contributed by atoms with Crippen LogP contribution in [0, 0.1) is 18.6 Å². The molecule has 1 fully saturated rings. The fourth-order valence-electron chi connectivity index (χ4n) is 3.06. The average molecular weight is 359 g/mol. The lowest BCUT2D eigenvalue weighted by Gasteiger charge is -2.35. The van der Waals surface area contributed by atoms with Gasteiger partial charge in [0.05, 0.1) is 12.2 Å². The third-order valence-corrected chi connectivity index (χ3v) is 4.66. The normalized spacial score (nSPS) is 15.1. The summed E-state index contributed by atoms with van der Waals surface area (Å²) < 4.78 is 27.4. The maximum atomic E-state index is 13.9. The number of carbonyl (C=O) groups excluding carboxylic acids is 1. The van der Waals surface area contributed by atoms with Crippen molar-refractivity contribution in [2.45, 2.75) is 13.5 Å². The van der Waals surface area contributed by atoms with Crippen molar-refractivity contribution in [1.82, 2.24) is 10.2 Å². The Balaban J connectivity index is 1.44. The third-order valence-electron chi connectivity index (χ3n) is 4.66. The Labute approximate surface area is 152 Å². The lowest BCUT2D eigenvalue weighted by Crippen LogP contribution is -2.49. The number of anilines is 1. The Bertz CT molecular complexity index is 773. The molecule has 1 heterocycles. The molecule has 1 N–H and O–H groups in total. The molecule has 1 aliphatic rings. The van der Waals surface area contributed by atoms with Crippen molar-refractivity contribution < 1.29 is 13.6 Å². The van der Waals surface area contributed by atoms with Gasteiger partial charge in [-0.15, -0.1) is 0 Å². The number of rotatable bonds is 5. The van der Waals surface area contributed by atoms with Crippen LogP contribution in [-0.4, -0.2) is 43.5 Å². The quantitative estimate of drug-likeness (QED) is 0.892. The van der Waals surface area contributed by atoms with Gasteiger partial charge >= 0.3 is 0 Å². The van der Waals surface area contributed by atoms with Gasteiger partial charge in [-0.3, -0.25) is 9.69 Å². The number of benzene rings is 2. The fraction of sp³-hybridized carbons (Fsp3) is 0.350. The molecule has 0 aliphatic carbocycles. The summed E-state index contributed by atoms with van der Waals surface area (Å²) in [4.78, 5) is 16.2. The van der Waals surface area contributed by atoms with Gasteiger partial charge in [-0.05, 0) is 36.2 Å². The van der Waals surface area contributed by atoms with Gasteiger partial charge in [-0.1, -0.05) is 24.3 Å². The Morgan fingerprint density at radius 1 is 1.04 bits per heavy atom. The first kappa shape index (κ1) is 18.3. The van der Waals surface area contributed by atoms with E-state index < -0.39 is 0 Å². The first-order chi connectivity index (χ1) is 12.5. The molecular weight excluding hydrogens is 336 g/mol. The lowest BCUT2D eigenvalue weighted by atomic mass is 10.1. The number of piperazine rings is 1. The largest absolute Gasteiger partial charge is 0.367 e. The summed E-state index contributed by atoms with van der Waals surface area (Å²) in [5.41, 5.74) is 1.94. The number of halogens is 2. The van der Waals surface area contributed by atoms with Crippen molar-refractivity contribution in [2.75, 3.05) is 37.6 Å². The minimum Gasteiger partial charge on any atom is -0.367 e. The predicted octanol–water partition coefficient (Wildman–Crippen LogP) is 2.71. The standard InChI is InChI=1S/C20H23F2N3O/c1-15-6-7-16(12-18(15)22)13-23-20(26)14-24-8-10-25(11-9-24)19-5-3-2-4-17(19)21/h2-7,12H,8-11,13-14H2,1H3,(H,23,26). The van der Waals surface area contributed by atoms with Crippen LogP contribution in [0.1, 0.15) is 11.1 Å². The maximum Gasteiger partial charge on any atom is 0.234 e. The number of nitrogens with zero attached hydrogens (tertiary/aromatic N) is 2. The molecule has 138 valence electrons. The van der Waals surface area contributed by atoms with Crippen molar-refractivity contribution >= 4 is 11.6 Å². The van der Waals surface area contributed by atoms with Crippen LogP contribution in [-0.2, 0) is 11.3 Å². The van der Waals surface area contributed by atoms with E-state index in [1.807, 2.05) is 21.9 Å². The van der Waals surface area contributed by atoms with E-state index in [-0.39, 0.29) is 17.5 Å². The van der Waals surface area contributed by atoms with E-state index in [0.717, 1.165) is 5.56 Å². The minimum atomic E-state index is -0.263. The zero-order chi connectivity index (χ0) is 18.5. The van der Waals surface area contributed by atoms with Crippen LogP contribution < -0.4 is 10.2 Å². The molecule has 0 unspecified atom stereocenters. The molecule has 2 aromatic rings. The Morgan fingerprint density at radius 2 is 1.77 bits per heavy atom. The van der Waals surface area contributed by atoms with Gasteiger partial charge in [0.2, 0.25) is 5.91 Å². The maximum absolute atomic E-state index is 13.9. The number of para-hydroxylation sites is 1. The number of hydrogen-bond donors (Lipinski definition) is 1. The Kier molecular flexibility index (Phi) is 5.83. The topological polar surface area (TPSA) is 35.6 Å². The molecule has 0 bridgehead atoms. The molecular formula is C20H23F2N3O. The minimum absolute atomic E-state index is 0.0923. The molecule has 1 aliphatic heterocycles. The first-order valence-corrected chi connectivity index (χ1v) is 8.76. The Morgan fingerprint density at radius 3 is 2.46 bits per heavy atom. The van der Waals surface area contributed by atoms with Gasteiger partial charge in [0, 0.05) is 32.7 Å². The molecule has 0 atom stereocenters. The first-order valence-electron chi connectivity index (χ1n) is 8.76. The zero-order valence-corrected chi connectivity index (χ0v) is 14.8. The fourth-order valence-corrected chi connectivity index (χ4v) is 3.06. The van der Waals surface area contributed by atoms with Crippen LogP contribution >= 0.6 is 0 Å². The number of hydrogen-bond acceptors (Lipinski definition) is 3. The van der Waals surface area contributed by atoms with Gasteiger partial charge in [0.1, 0.15) is 11.6 Å². The summed E-state index contributed by atoms with van der Waals surface area (Å²) in [6.45, 7) is 5.06. The molecule has 2 aromatic carbocycles. The molecule has 0 aromatic heterocycles. The van der Waals surface area contributed by atoms with Crippen molar-refractivity contribution in [3.63, 3.8) is 0 Å². The highest BCUT2D eigenvalue weighted by molar-refractivity contribution is 5.78. The third kappa shape index (κ3) is 4.58. The zero-order valence-electron chi connectivity index (χ0n) is 14.8. The monoisotopic (exact) mass is 359 g/mol. The molecule has 0 radical (unpaired) electrons. The SMILES string of the molecule is Cc1ccc(CNC(=O)CN2CCN(c3ccccc3F)CC2)cc1F. The second kappa shape index (κ2) is 8.27. The van der Waals surface area contributed by atoms with Crippen molar-refractivity contribution in [1.29, 1.82) is 0 Å². The average Bonchev–Trinajstić information content (AvgIpc) is 2.64. The molecule has 4 nitrogen and oxygen atoms in total. The molecule has 1 amide bonds. The predicted molar refractivity (Wildman–Crippen MR) is 98.0 cm³/mol. The van der Waals surface area contributed by atoms with E-state index in [4.69, 9.17) is 0 Å². The summed E-state index contributed by atoms with van der Waals surface area (Å²) in [6, 6.07) is 11.7. The van der Waals surface area contributed by atoms with Crippen molar-refractivity contribution in [3.05, 3.63) is 65.2 Å². The molecule has 0 saturated carbocycles. The molecule has 3 rings (SSSR count). The van der Waals surface area contributed by atoms with Crippen LogP contribution in [0.2, 0.25) is 0 Å². The number of nitrogens with one attached hydrogen (secondary N) is 1. The second-order valence-corrected chi connectivity index (χ2v) is 6.57.